The van der Waals surface area contributed by atoms with Gasteiger partial charge < -0.3 is 9.80 Å². The second-order valence-electron chi connectivity index (χ2n) is 9.16. The van der Waals surface area contributed by atoms with Gasteiger partial charge in [-0.2, -0.15) is 5.26 Å². The number of guanidine groups is 1. The van der Waals surface area contributed by atoms with E-state index in [2.05, 4.69) is 74.6 Å². The van der Waals surface area contributed by atoms with Crippen LogP contribution in [-0.4, -0.2) is 66.5 Å². The summed E-state index contributed by atoms with van der Waals surface area (Å²) in [6, 6.07) is 23.1. The number of nitrogens with one attached hydrogen (secondary N) is 1. The number of nitriles is 1. The van der Waals surface area contributed by atoms with Crippen molar-refractivity contribution >= 4 is 17.6 Å². The van der Waals surface area contributed by atoms with Gasteiger partial charge in [-0.3, -0.25) is 15.0 Å². The first-order chi connectivity index (χ1) is 16.2. The van der Waals surface area contributed by atoms with Crippen molar-refractivity contribution in [2.75, 3.05) is 44.2 Å². The standard InChI is InChI=1S/C26H30N6O/c27-19-23-24(33)28-25(32-17-15-31(16-18-32)22-9-5-2-6-10-22)29-26(23)11-13-30(14-12-26)20-21-7-3-1-4-8-21/h1-10,23H,11-18,20H2,(H,28,29,33)/t23-/m1/s1. The molecule has 0 saturated carbocycles. The molecule has 33 heavy (non-hydrogen) atoms. The minimum atomic E-state index is -0.731. The number of rotatable bonds is 3. The first-order valence-electron chi connectivity index (χ1n) is 11.8. The number of para-hydroxylation sites is 1. The largest absolute Gasteiger partial charge is 0.368 e. The summed E-state index contributed by atoms with van der Waals surface area (Å²) in [6.07, 6.45) is 1.44. The molecule has 1 spiro atoms. The van der Waals surface area contributed by atoms with E-state index in [4.69, 9.17) is 4.99 Å². The van der Waals surface area contributed by atoms with E-state index in [1.54, 1.807) is 0 Å². The molecule has 3 aliphatic heterocycles. The fourth-order valence-electron chi connectivity index (χ4n) is 5.21. The predicted octanol–water partition coefficient (Wildman–Crippen LogP) is 2.47. The van der Waals surface area contributed by atoms with Crippen molar-refractivity contribution < 1.29 is 4.79 Å². The molecule has 170 valence electrons. The van der Waals surface area contributed by atoms with Crippen LogP contribution in [0.15, 0.2) is 65.7 Å². The first-order valence-corrected chi connectivity index (χ1v) is 11.8. The number of carbonyl (C=O) groups is 1. The van der Waals surface area contributed by atoms with E-state index in [-0.39, 0.29) is 5.91 Å². The van der Waals surface area contributed by atoms with Gasteiger partial charge in [0, 0.05) is 51.5 Å². The van der Waals surface area contributed by atoms with Crippen molar-refractivity contribution in [3.05, 3.63) is 66.2 Å². The Morgan fingerprint density at radius 3 is 2.15 bits per heavy atom. The van der Waals surface area contributed by atoms with Crippen LogP contribution in [0.1, 0.15) is 18.4 Å². The van der Waals surface area contributed by atoms with Crippen molar-refractivity contribution in [2.24, 2.45) is 10.9 Å². The van der Waals surface area contributed by atoms with Crippen molar-refractivity contribution in [1.82, 2.24) is 15.1 Å². The Morgan fingerprint density at radius 1 is 0.909 bits per heavy atom. The zero-order valence-electron chi connectivity index (χ0n) is 18.9. The minimum absolute atomic E-state index is 0.204. The molecule has 2 aromatic rings. The molecule has 2 fully saturated rings. The Kier molecular flexibility index (Phi) is 6.01. The van der Waals surface area contributed by atoms with Gasteiger partial charge in [0.1, 0.15) is 0 Å². The molecule has 2 aromatic carbocycles. The maximum atomic E-state index is 12.9. The van der Waals surface area contributed by atoms with E-state index in [1.807, 2.05) is 12.1 Å². The van der Waals surface area contributed by atoms with Crippen LogP contribution in [0.3, 0.4) is 0 Å². The maximum Gasteiger partial charge on any atom is 0.246 e. The van der Waals surface area contributed by atoms with Gasteiger partial charge in [0.25, 0.3) is 0 Å². The molecule has 0 bridgehead atoms. The molecule has 0 unspecified atom stereocenters. The Morgan fingerprint density at radius 2 is 1.52 bits per heavy atom. The molecule has 5 rings (SSSR count). The first kappa shape index (κ1) is 21.5. The van der Waals surface area contributed by atoms with E-state index >= 15 is 0 Å². The van der Waals surface area contributed by atoms with Gasteiger partial charge in [-0.1, -0.05) is 48.5 Å². The number of piperidine rings is 1. The van der Waals surface area contributed by atoms with Crippen LogP contribution in [-0.2, 0) is 11.3 Å². The van der Waals surface area contributed by atoms with E-state index in [0.29, 0.717) is 5.96 Å². The summed E-state index contributed by atoms with van der Waals surface area (Å²) >= 11 is 0. The van der Waals surface area contributed by atoms with Gasteiger partial charge in [0.2, 0.25) is 11.9 Å². The molecule has 3 heterocycles. The number of carbonyl (C=O) groups excluding carboxylic acids is 1. The van der Waals surface area contributed by atoms with Crippen LogP contribution in [0.4, 0.5) is 5.69 Å². The summed E-state index contributed by atoms with van der Waals surface area (Å²) in [6.45, 7) is 5.88. The molecule has 3 aliphatic rings. The Balaban J connectivity index is 1.28. The summed E-state index contributed by atoms with van der Waals surface area (Å²) in [4.78, 5) is 25.0. The lowest BCUT2D eigenvalue weighted by molar-refractivity contribution is -0.125. The molecule has 0 aliphatic carbocycles. The molecule has 0 radical (unpaired) electrons. The Bertz CT molecular complexity index is 1030. The topological polar surface area (TPSA) is 75.0 Å². The Hall–Kier alpha value is -3.37. The highest BCUT2D eigenvalue weighted by atomic mass is 16.2. The summed E-state index contributed by atoms with van der Waals surface area (Å²) in [5.41, 5.74) is 1.88. The van der Waals surface area contributed by atoms with Crippen molar-refractivity contribution in [3.8, 4) is 6.07 Å². The van der Waals surface area contributed by atoms with Gasteiger partial charge in [-0.25, -0.2) is 4.99 Å². The van der Waals surface area contributed by atoms with Crippen molar-refractivity contribution in [3.63, 3.8) is 0 Å². The fraction of sp³-hybridized carbons (Fsp3) is 0.423. The number of nitrogens with zero attached hydrogens (tertiary/aromatic N) is 5. The van der Waals surface area contributed by atoms with Crippen LogP contribution in [0.5, 0.6) is 0 Å². The molecule has 1 amide bonds. The highest BCUT2D eigenvalue weighted by Gasteiger charge is 2.49. The van der Waals surface area contributed by atoms with Gasteiger partial charge in [0.05, 0.1) is 11.6 Å². The fourth-order valence-corrected chi connectivity index (χ4v) is 5.21. The summed E-state index contributed by atoms with van der Waals surface area (Å²) < 4.78 is 0. The summed E-state index contributed by atoms with van der Waals surface area (Å²) in [5, 5.41) is 12.8. The third-order valence-electron chi connectivity index (χ3n) is 7.16. The quantitative estimate of drug-likeness (QED) is 0.791. The number of hydrogen-bond donors (Lipinski definition) is 1. The molecule has 1 N–H and O–H groups in total. The summed E-state index contributed by atoms with van der Waals surface area (Å²) in [5.74, 6) is -0.286. The second-order valence-corrected chi connectivity index (χ2v) is 9.16. The van der Waals surface area contributed by atoms with E-state index in [1.165, 1.54) is 11.3 Å². The van der Waals surface area contributed by atoms with Gasteiger partial charge >= 0.3 is 0 Å². The monoisotopic (exact) mass is 442 g/mol. The molecule has 2 saturated heterocycles. The zero-order chi connectivity index (χ0) is 22.7. The summed E-state index contributed by atoms with van der Waals surface area (Å²) in [7, 11) is 0. The van der Waals surface area contributed by atoms with Gasteiger partial charge in [0.15, 0.2) is 5.92 Å². The SMILES string of the molecule is N#C[C@@H]1C(=O)NC(N2CCN(c3ccccc3)CC2)=NC12CCN(Cc1ccccc1)CC2. The lowest BCUT2D eigenvalue weighted by atomic mass is 9.76. The number of amides is 1. The third kappa shape index (κ3) is 4.44. The average Bonchev–Trinajstić information content (AvgIpc) is 2.87. The van der Waals surface area contributed by atoms with Gasteiger partial charge in [-0.15, -0.1) is 0 Å². The number of hydrogen-bond acceptors (Lipinski definition) is 6. The average molecular weight is 443 g/mol. The number of piperazine rings is 1. The predicted molar refractivity (Wildman–Crippen MR) is 129 cm³/mol. The zero-order valence-corrected chi connectivity index (χ0v) is 18.9. The van der Waals surface area contributed by atoms with E-state index in [0.717, 1.165) is 58.7 Å². The molecule has 7 nitrogen and oxygen atoms in total. The molecule has 7 heteroatoms. The number of aliphatic imine (C=N–C) groups is 1. The van der Waals surface area contributed by atoms with Crippen LogP contribution in [0.2, 0.25) is 0 Å². The van der Waals surface area contributed by atoms with Crippen molar-refractivity contribution in [1.29, 1.82) is 5.26 Å². The maximum absolute atomic E-state index is 12.9. The highest BCUT2D eigenvalue weighted by Crippen LogP contribution is 2.37. The minimum Gasteiger partial charge on any atom is -0.368 e. The van der Waals surface area contributed by atoms with E-state index in [9.17, 15) is 10.1 Å². The molecule has 1 atom stereocenters. The highest BCUT2D eigenvalue weighted by molar-refractivity contribution is 6.02. The van der Waals surface area contributed by atoms with Crippen LogP contribution in [0.25, 0.3) is 0 Å². The lowest BCUT2D eigenvalue weighted by Gasteiger charge is -2.46. The third-order valence-corrected chi connectivity index (χ3v) is 7.16. The molecular weight excluding hydrogens is 412 g/mol. The molecule has 0 aromatic heterocycles. The lowest BCUT2D eigenvalue weighted by Crippen LogP contribution is -2.62. The molecular formula is C26H30N6O. The Labute approximate surface area is 195 Å². The van der Waals surface area contributed by atoms with Crippen LogP contribution < -0.4 is 10.2 Å². The normalized spacial score (nSPS) is 23.1. The number of anilines is 1. The number of likely N-dealkylation sites (tertiary alicyclic amines) is 1. The van der Waals surface area contributed by atoms with Gasteiger partial charge in [-0.05, 0) is 30.5 Å². The smallest absolute Gasteiger partial charge is 0.246 e. The van der Waals surface area contributed by atoms with E-state index < -0.39 is 11.5 Å². The second kappa shape index (κ2) is 9.24. The van der Waals surface area contributed by atoms with Crippen LogP contribution >= 0.6 is 0 Å². The van der Waals surface area contributed by atoms with Crippen molar-refractivity contribution in [2.45, 2.75) is 24.9 Å². The number of benzene rings is 2. The van der Waals surface area contributed by atoms with Crippen LogP contribution in [0, 0.1) is 17.2 Å².